The number of methoxy groups -OCH3 is 1. The van der Waals surface area contributed by atoms with Crippen molar-refractivity contribution in [3.8, 4) is 0 Å². The van der Waals surface area contributed by atoms with Crippen LogP contribution in [0.4, 0.5) is 0 Å². The zero-order chi connectivity index (χ0) is 16.2. The Morgan fingerprint density at radius 1 is 1.35 bits per heavy atom. The van der Waals surface area contributed by atoms with Gasteiger partial charge < -0.3 is 24.1 Å². The van der Waals surface area contributed by atoms with Gasteiger partial charge in [-0.25, -0.2) is 0 Å². The van der Waals surface area contributed by atoms with Crippen LogP contribution >= 0.6 is 0 Å². The smallest absolute Gasteiger partial charge is 0.168 e. The molecule has 0 aliphatic carbocycles. The Kier molecular flexibility index (Phi) is 5.12. The third-order valence-electron chi connectivity index (χ3n) is 4.06. The minimum atomic E-state index is -1.02. The lowest BCUT2D eigenvalue weighted by Crippen LogP contribution is -2.62. The second-order valence-electron chi connectivity index (χ2n) is 5.52. The molecular weight excluding hydrogens is 302 g/mol. The molecule has 3 rings (SSSR count). The molecule has 8 nitrogen and oxygen atoms in total. The molecule has 1 aromatic rings. The molecule has 0 amide bonds. The molecule has 1 N–H and O–H groups in total. The molecule has 2 aliphatic heterocycles. The average Bonchev–Trinajstić information content (AvgIpc) is 2.58. The zero-order valence-corrected chi connectivity index (χ0v) is 12.7. The molecule has 0 bridgehead atoms. The zero-order valence-electron chi connectivity index (χ0n) is 12.7. The van der Waals surface area contributed by atoms with E-state index in [1.807, 2.05) is 30.3 Å². The van der Waals surface area contributed by atoms with Crippen molar-refractivity contribution in [1.82, 2.24) is 0 Å². The van der Waals surface area contributed by atoms with Gasteiger partial charge in [0.2, 0.25) is 0 Å². The van der Waals surface area contributed by atoms with Gasteiger partial charge >= 0.3 is 0 Å². The van der Waals surface area contributed by atoms with E-state index in [1.165, 1.54) is 7.11 Å². The molecule has 6 atom stereocenters. The number of hydrogen-bond acceptors (Lipinski definition) is 6. The molecule has 8 heteroatoms. The van der Waals surface area contributed by atoms with Crippen molar-refractivity contribution in [1.29, 1.82) is 0 Å². The van der Waals surface area contributed by atoms with Crippen LogP contribution in [0.25, 0.3) is 10.4 Å². The van der Waals surface area contributed by atoms with Crippen molar-refractivity contribution in [2.75, 3.05) is 13.7 Å². The van der Waals surface area contributed by atoms with Crippen LogP contribution in [0.5, 0.6) is 0 Å². The fourth-order valence-electron chi connectivity index (χ4n) is 2.92. The number of benzene rings is 1. The first-order valence-corrected chi connectivity index (χ1v) is 7.44. The lowest BCUT2D eigenvalue weighted by Gasteiger charge is -2.46. The highest BCUT2D eigenvalue weighted by Crippen LogP contribution is 2.31. The summed E-state index contributed by atoms with van der Waals surface area (Å²) in [5.41, 5.74) is 9.74. The monoisotopic (exact) mass is 321 g/mol. The van der Waals surface area contributed by atoms with E-state index in [9.17, 15) is 5.11 Å². The highest BCUT2D eigenvalue weighted by atomic mass is 16.7. The number of hydrogen-bond donors (Lipinski definition) is 1. The standard InChI is InChI=1S/C15H19N3O5/c1-20-15-12(17-18-16)13(19)14-10(22-15)8-21-11(23-14)7-9-5-3-2-4-6-9/h2-6,10-15,19H,7-8H2,1H3/t10?,11?,12?,13?,14-,15?/m1/s1. The van der Waals surface area contributed by atoms with Crippen molar-refractivity contribution in [2.45, 2.75) is 43.4 Å². The van der Waals surface area contributed by atoms with Gasteiger partial charge in [0, 0.05) is 18.4 Å². The van der Waals surface area contributed by atoms with E-state index in [2.05, 4.69) is 10.0 Å². The van der Waals surface area contributed by atoms with Gasteiger partial charge in [-0.05, 0) is 11.1 Å². The van der Waals surface area contributed by atoms with Crippen LogP contribution in [0.1, 0.15) is 5.56 Å². The number of aliphatic hydroxyl groups excluding tert-OH is 1. The first-order valence-electron chi connectivity index (χ1n) is 7.44. The maximum atomic E-state index is 10.5. The van der Waals surface area contributed by atoms with Crippen molar-refractivity contribution < 1.29 is 24.1 Å². The Morgan fingerprint density at radius 3 is 2.83 bits per heavy atom. The summed E-state index contributed by atoms with van der Waals surface area (Å²) in [5, 5.41) is 14.1. The Balaban J connectivity index is 1.70. The minimum Gasteiger partial charge on any atom is -0.390 e. The molecular formula is C15H19N3O5. The summed E-state index contributed by atoms with van der Waals surface area (Å²) >= 11 is 0. The van der Waals surface area contributed by atoms with Crippen molar-refractivity contribution in [3.63, 3.8) is 0 Å². The van der Waals surface area contributed by atoms with Gasteiger partial charge in [-0.1, -0.05) is 35.4 Å². The highest BCUT2D eigenvalue weighted by Gasteiger charge is 2.49. The SMILES string of the molecule is COC1OC2COC(Cc3ccccc3)O[C@H]2C(O)C1N=[N+]=[N-]. The van der Waals surface area contributed by atoms with Crippen LogP contribution in [0.3, 0.4) is 0 Å². The van der Waals surface area contributed by atoms with Crippen LogP contribution in [-0.4, -0.2) is 55.8 Å². The maximum Gasteiger partial charge on any atom is 0.168 e. The summed E-state index contributed by atoms with van der Waals surface area (Å²) in [6.45, 7) is 0.280. The molecule has 2 fully saturated rings. The molecule has 2 aliphatic rings. The lowest BCUT2D eigenvalue weighted by atomic mass is 9.96. The van der Waals surface area contributed by atoms with Gasteiger partial charge in [0.05, 0.1) is 12.7 Å². The second kappa shape index (κ2) is 7.27. The molecule has 0 spiro atoms. The largest absolute Gasteiger partial charge is 0.390 e. The van der Waals surface area contributed by atoms with Gasteiger partial charge in [0.25, 0.3) is 0 Å². The normalized spacial score (nSPS) is 36.8. The van der Waals surface area contributed by atoms with Gasteiger partial charge in [0.1, 0.15) is 18.2 Å². The fourth-order valence-corrected chi connectivity index (χ4v) is 2.92. The number of ether oxygens (including phenoxy) is 4. The molecule has 0 saturated carbocycles. The molecule has 0 radical (unpaired) electrons. The van der Waals surface area contributed by atoms with Gasteiger partial charge in [-0.15, -0.1) is 0 Å². The van der Waals surface area contributed by atoms with E-state index in [0.29, 0.717) is 6.42 Å². The fraction of sp³-hybridized carbons (Fsp3) is 0.600. The van der Waals surface area contributed by atoms with Crippen molar-refractivity contribution in [3.05, 3.63) is 46.3 Å². The molecule has 0 aromatic heterocycles. The number of fused-ring (bicyclic) bond motifs is 1. The Hall–Kier alpha value is -1.67. The predicted octanol–water partition coefficient (Wildman–Crippen LogP) is 1.38. The first kappa shape index (κ1) is 16.2. The first-order chi connectivity index (χ1) is 11.2. The molecule has 2 heterocycles. The highest BCUT2D eigenvalue weighted by molar-refractivity contribution is 5.15. The summed E-state index contributed by atoms with van der Waals surface area (Å²) in [6.07, 6.45) is -2.84. The third kappa shape index (κ3) is 3.48. The van der Waals surface area contributed by atoms with Crippen LogP contribution < -0.4 is 0 Å². The third-order valence-corrected chi connectivity index (χ3v) is 4.06. The van der Waals surface area contributed by atoms with Crippen molar-refractivity contribution >= 4 is 0 Å². The molecule has 5 unspecified atom stereocenters. The number of aliphatic hydroxyl groups is 1. The van der Waals surface area contributed by atoms with E-state index in [0.717, 1.165) is 5.56 Å². The molecule has 2 saturated heterocycles. The summed E-state index contributed by atoms with van der Waals surface area (Å²) in [7, 11) is 1.43. The summed E-state index contributed by atoms with van der Waals surface area (Å²) in [4.78, 5) is 2.75. The Labute approximate surface area is 133 Å². The predicted molar refractivity (Wildman–Crippen MR) is 79.4 cm³/mol. The maximum absolute atomic E-state index is 10.5. The molecule has 23 heavy (non-hydrogen) atoms. The molecule has 124 valence electrons. The quantitative estimate of drug-likeness (QED) is 0.512. The van der Waals surface area contributed by atoms with Crippen LogP contribution in [0.15, 0.2) is 35.4 Å². The van der Waals surface area contributed by atoms with Crippen LogP contribution in [0, 0.1) is 0 Å². The van der Waals surface area contributed by atoms with E-state index < -0.39 is 36.9 Å². The summed E-state index contributed by atoms with van der Waals surface area (Å²) in [5.74, 6) is 0. The average molecular weight is 321 g/mol. The van der Waals surface area contributed by atoms with E-state index in [-0.39, 0.29) is 6.61 Å². The summed E-state index contributed by atoms with van der Waals surface area (Å²) in [6, 6.07) is 8.94. The van der Waals surface area contributed by atoms with E-state index >= 15 is 0 Å². The number of rotatable bonds is 4. The minimum absolute atomic E-state index is 0.280. The van der Waals surface area contributed by atoms with Gasteiger partial charge in [0.15, 0.2) is 12.6 Å². The van der Waals surface area contributed by atoms with Crippen LogP contribution in [-0.2, 0) is 25.4 Å². The van der Waals surface area contributed by atoms with Gasteiger partial charge in [-0.2, -0.15) is 0 Å². The van der Waals surface area contributed by atoms with E-state index in [1.54, 1.807) is 0 Å². The van der Waals surface area contributed by atoms with E-state index in [4.69, 9.17) is 24.5 Å². The Morgan fingerprint density at radius 2 is 2.13 bits per heavy atom. The number of nitrogens with zero attached hydrogens (tertiary/aromatic N) is 3. The topological polar surface area (TPSA) is 106 Å². The second-order valence-corrected chi connectivity index (χ2v) is 5.52. The Bertz CT molecular complexity index is 565. The number of azide groups is 1. The van der Waals surface area contributed by atoms with Gasteiger partial charge in [-0.3, -0.25) is 0 Å². The van der Waals surface area contributed by atoms with Crippen LogP contribution in [0.2, 0.25) is 0 Å². The summed E-state index contributed by atoms with van der Waals surface area (Å²) < 4.78 is 22.3. The lowest BCUT2D eigenvalue weighted by molar-refractivity contribution is -0.335. The molecule has 1 aromatic carbocycles. The van der Waals surface area contributed by atoms with Crippen molar-refractivity contribution in [2.24, 2.45) is 5.11 Å².